The van der Waals surface area contributed by atoms with Gasteiger partial charge in [-0.1, -0.05) is 19.6 Å². The molecule has 0 saturated carbocycles. The van der Waals surface area contributed by atoms with Gasteiger partial charge in [0.05, 0.1) is 11.6 Å². The predicted molar refractivity (Wildman–Crippen MR) is 83.0 cm³/mol. The van der Waals surface area contributed by atoms with E-state index in [1.54, 1.807) is 13.2 Å². The Labute approximate surface area is 124 Å². The molecule has 106 valence electrons. The summed E-state index contributed by atoms with van der Waals surface area (Å²) >= 11 is 3.53. The van der Waals surface area contributed by atoms with Crippen LogP contribution < -0.4 is 14.8 Å². The Balaban J connectivity index is 2.85. The Morgan fingerprint density at radius 3 is 2.79 bits per heavy atom. The fourth-order valence-corrected chi connectivity index (χ4v) is 2.20. The van der Waals surface area contributed by atoms with E-state index in [1.165, 1.54) is 0 Å². The summed E-state index contributed by atoms with van der Waals surface area (Å²) in [4.78, 5) is 0. The van der Waals surface area contributed by atoms with Crippen LogP contribution in [0.3, 0.4) is 0 Å². The van der Waals surface area contributed by atoms with Gasteiger partial charge in [-0.15, -0.1) is 0 Å². The largest absolute Gasteiger partial charge is 0.493 e. The van der Waals surface area contributed by atoms with Crippen molar-refractivity contribution in [1.29, 1.82) is 0 Å². The SMILES string of the molecule is C=CCOc1c(Br)cc(CNC(C)CC)cc1OC. The number of rotatable bonds is 8. The second-order valence-electron chi connectivity index (χ2n) is 4.40. The number of halogens is 1. The molecule has 0 amide bonds. The summed E-state index contributed by atoms with van der Waals surface area (Å²) in [5.41, 5.74) is 1.16. The van der Waals surface area contributed by atoms with Crippen LogP contribution in [0.4, 0.5) is 0 Å². The second-order valence-corrected chi connectivity index (χ2v) is 5.25. The molecule has 0 spiro atoms. The third-order valence-corrected chi connectivity index (χ3v) is 3.49. The van der Waals surface area contributed by atoms with Crippen LogP contribution in [0, 0.1) is 0 Å². The minimum atomic E-state index is 0.458. The first-order valence-corrected chi connectivity index (χ1v) is 7.25. The van der Waals surface area contributed by atoms with Gasteiger partial charge in [0.2, 0.25) is 0 Å². The molecule has 1 N–H and O–H groups in total. The summed E-state index contributed by atoms with van der Waals surface area (Å²) < 4.78 is 11.9. The van der Waals surface area contributed by atoms with Gasteiger partial charge < -0.3 is 14.8 Å². The van der Waals surface area contributed by atoms with E-state index in [4.69, 9.17) is 9.47 Å². The molecular formula is C15H22BrNO2. The molecule has 0 aliphatic rings. The highest BCUT2D eigenvalue weighted by Crippen LogP contribution is 2.36. The first-order valence-electron chi connectivity index (χ1n) is 6.45. The van der Waals surface area contributed by atoms with Gasteiger partial charge >= 0.3 is 0 Å². The van der Waals surface area contributed by atoms with Crippen LogP contribution in [0.5, 0.6) is 11.5 Å². The molecule has 0 saturated heterocycles. The van der Waals surface area contributed by atoms with Crippen molar-refractivity contribution >= 4 is 15.9 Å². The standard InChI is InChI=1S/C15H22BrNO2/c1-5-7-19-15-13(16)8-12(9-14(15)18-4)10-17-11(3)6-2/h5,8-9,11,17H,1,6-7,10H2,2-4H3. The zero-order valence-corrected chi connectivity index (χ0v) is 13.4. The Hall–Kier alpha value is -1.00. The van der Waals surface area contributed by atoms with Crippen LogP contribution in [0.1, 0.15) is 25.8 Å². The Kier molecular flexibility index (Phi) is 6.95. The quantitative estimate of drug-likeness (QED) is 0.734. The normalized spacial score (nSPS) is 12.0. The van der Waals surface area contributed by atoms with Crippen LogP contribution in [-0.2, 0) is 6.54 Å². The van der Waals surface area contributed by atoms with E-state index in [2.05, 4.69) is 47.7 Å². The first-order chi connectivity index (χ1) is 9.12. The van der Waals surface area contributed by atoms with Gasteiger partial charge in [-0.2, -0.15) is 0 Å². The number of benzene rings is 1. The first kappa shape index (κ1) is 16.1. The van der Waals surface area contributed by atoms with E-state index >= 15 is 0 Å². The van der Waals surface area contributed by atoms with Gasteiger partial charge in [0, 0.05) is 12.6 Å². The number of nitrogens with one attached hydrogen (secondary N) is 1. The van der Waals surface area contributed by atoms with E-state index in [0.29, 0.717) is 12.6 Å². The van der Waals surface area contributed by atoms with Crippen molar-refractivity contribution < 1.29 is 9.47 Å². The molecule has 1 rings (SSSR count). The molecule has 1 atom stereocenters. The smallest absolute Gasteiger partial charge is 0.175 e. The summed E-state index contributed by atoms with van der Waals surface area (Å²) in [7, 11) is 1.65. The molecule has 1 aromatic rings. The summed E-state index contributed by atoms with van der Waals surface area (Å²) in [6, 6.07) is 4.55. The van der Waals surface area contributed by atoms with Crippen molar-refractivity contribution in [1.82, 2.24) is 5.32 Å². The maximum atomic E-state index is 5.60. The average molecular weight is 328 g/mol. The maximum Gasteiger partial charge on any atom is 0.175 e. The summed E-state index contributed by atoms with van der Waals surface area (Å²) in [5.74, 6) is 1.45. The topological polar surface area (TPSA) is 30.5 Å². The lowest BCUT2D eigenvalue weighted by molar-refractivity contribution is 0.324. The van der Waals surface area contributed by atoms with E-state index in [-0.39, 0.29) is 0 Å². The van der Waals surface area contributed by atoms with Gasteiger partial charge in [0.25, 0.3) is 0 Å². The highest BCUT2D eigenvalue weighted by Gasteiger charge is 2.11. The third kappa shape index (κ3) is 4.88. The van der Waals surface area contributed by atoms with Crippen molar-refractivity contribution in [3.8, 4) is 11.5 Å². The maximum absolute atomic E-state index is 5.60. The minimum absolute atomic E-state index is 0.458. The lowest BCUT2D eigenvalue weighted by Crippen LogP contribution is -2.24. The number of ether oxygens (including phenoxy) is 2. The third-order valence-electron chi connectivity index (χ3n) is 2.90. The molecule has 0 fully saturated rings. The van der Waals surface area contributed by atoms with Crippen LogP contribution >= 0.6 is 15.9 Å². The molecule has 0 aromatic heterocycles. The summed E-state index contributed by atoms with van der Waals surface area (Å²) in [5, 5.41) is 3.46. The molecule has 0 heterocycles. The van der Waals surface area contributed by atoms with Crippen molar-refractivity contribution in [2.45, 2.75) is 32.9 Å². The number of hydrogen-bond acceptors (Lipinski definition) is 3. The fraction of sp³-hybridized carbons (Fsp3) is 0.467. The molecule has 0 bridgehead atoms. The van der Waals surface area contributed by atoms with Crippen molar-refractivity contribution in [3.63, 3.8) is 0 Å². The zero-order valence-electron chi connectivity index (χ0n) is 11.8. The number of hydrogen-bond donors (Lipinski definition) is 1. The monoisotopic (exact) mass is 327 g/mol. The Bertz CT molecular complexity index is 421. The van der Waals surface area contributed by atoms with Gasteiger partial charge in [0.15, 0.2) is 11.5 Å². The van der Waals surface area contributed by atoms with E-state index in [0.717, 1.165) is 34.5 Å². The van der Waals surface area contributed by atoms with E-state index < -0.39 is 0 Å². The summed E-state index contributed by atoms with van der Waals surface area (Å²) in [6.45, 7) is 9.26. The van der Waals surface area contributed by atoms with Gasteiger partial charge in [-0.25, -0.2) is 0 Å². The predicted octanol–water partition coefficient (Wildman–Crippen LogP) is 3.91. The highest BCUT2D eigenvalue weighted by molar-refractivity contribution is 9.10. The van der Waals surface area contributed by atoms with Gasteiger partial charge in [-0.3, -0.25) is 0 Å². The molecule has 0 radical (unpaired) electrons. The molecule has 3 nitrogen and oxygen atoms in total. The van der Waals surface area contributed by atoms with Crippen LogP contribution in [0.15, 0.2) is 29.3 Å². The van der Waals surface area contributed by atoms with Crippen LogP contribution in [-0.4, -0.2) is 19.8 Å². The lowest BCUT2D eigenvalue weighted by atomic mass is 10.1. The van der Waals surface area contributed by atoms with Crippen molar-refractivity contribution in [2.75, 3.05) is 13.7 Å². The molecule has 0 aliphatic carbocycles. The fourth-order valence-electron chi connectivity index (χ4n) is 1.59. The lowest BCUT2D eigenvalue weighted by Gasteiger charge is -2.15. The van der Waals surface area contributed by atoms with Crippen LogP contribution in [0.25, 0.3) is 0 Å². The number of methoxy groups -OCH3 is 1. The summed E-state index contributed by atoms with van der Waals surface area (Å²) in [6.07, 6.45) is 2.82. The molecule has 1 unspecified atom stereocenters. The Morgan fingerprint density at radius 1 is 1.47 bits per heavy atom. The molecule has 4 heteroatoms. The molecule has 0 aliphatic heterocycles. The van der Waals surface area contributed by atoms with Crippen LogP contribution in [0.2, 0.25) is 0 Å². The molecule has 19 heavy (non-hydrogen) atoms. The van der Waals surface area contributed by atoms with Gasteiger partial charge in [-0.05, 0) is 47.0 Å². The Morgan fingerprint density at radius 2 is 2.21 bits per heavy atom. The average Bonchev–Trinajstić information content (AvgIpc) is 2.42. The highest BCUT2D eigenvalue weighted by atomic mass is 79.9. The molecule has 1 aromatic carbocycles. The minimum Gasteiger partial charge on any atom is -0.493 e. The molecular weight excluding hydrogens is 306 g/mol. The van der Waals surface area contributed by atoms with E-state index in [9.17, 15) is 0 Å². The van der Waals surface area contributed by atoms with Gasteiger partial charge in [0.1, 0.15) is 6.61 Å². The van der Waals surface area contributed by atoms with Crippen molar-refractivity contribution in [2.24, 2.45) is 0 Å². The van der Waals surface area contributed by atoms with Crippen molar-refractivity contribution in [3.05, 3.63) is 34.8 Å². The zero-order chi connectivity index (χ0) is 14.3. The second kappa shape index (κ2) is 8.23. The van der Waals surface area contributed by atoms with E-state index in [1.807, 2.05) is 6.07 Å².